The molecule has 0 aliphatic carbocycles. The number of nitro benzene ring substituents is 2. The molecule has 0 saturated heterocycles. The van der Waals surface area contributed by atoms with Crippen LogP contribution in [0.15, 0.2) is 53.6 Å². The van der Waals surface area contributed by atoms with Crippen molar-refractivity contribution >= 4 is 40.5 Å². The Labute approximate surface area is 166 Å². The third-order valence-electron chi connectivity index (χ3n) is 3.76. The number of hydrazone groups is 1. The first-order valence-corrected chi connectivity index (χ1v) is 8.66. The summed E-state index contributed by atoms with van der Waals surface area (Å²) in [6.45, 7) is 5.85. The van der Waals surface area contributed by atoms with Crippen LogP contribution in [-0.2, 0) is 0 Å². The van der Waals surface area contributed by atoms with Gasteiger partial charge in [0.05, 0.1) is 21.6 Å². The predicted octanol–water partition coefficient (Wildman–Crippen LogP) is 5.68. The van der Waals surface area contributed by atoms with Crippen LogP contribution in [0.2, 0.25) is 5.02 Å². The van der Waals surface area contributed by atoms with Crippen molar-refractivity contribution in [2.24, 2.45) is 10.5 Å². The van der Waals surface area contributed by atoms with Crippen LogP contribution in [0.1, 0.15) is 26.3 Å². The minimum absolute atomic E-state index is 0.0669. The van der Waals surface area contributed by atoms with Crippen LogP contribution in [0.3, 0.4) is 0 Å². The molecule has 0 amide bonds. The van der Waals surface area contributed by atoms with E-state index < -0.39 is 15.5 Å². The summed E-state index contributed by atoms with van der Waals surface area (Å²) < 4.78 is 0. The van der Waals surface area contributed by atoms with Crippen molar-refractivity contribution in [1.82, 2.24) is 0 Å². The molecule has 0 aliphatic heterocycles. The second-order valence-corrected chi connectivity index (χ2v) is 7.40. The molecule has 0 aromatic heterocycles. The molecule has 1 N–H and O–H groups in total. The number of nitrogens with one attached hydrogen (secondary N) is 1. The minimum atomic E-state index is -0.689. The predicted molar refractivity (Wildman–Crippen MR) is 111 cm³/mol. The zero-order valence-corrected chi connectivity index (χ0v) is 16.3. The van der Waals surface area contributed by atoms with Crippen molar-refractivity contribution in [2.75, 3.05) is 5.43 Å². The van der Waals surface area contributed by atoms with E-state index in [1.54, 1.807) is 18.2 Å². The molecule has 0 atom stereocenters. The average Bonchev–Trinajstić information content (AvgIpc) is 2.61. The first-order valence-electron chi connectivity index (χ1n) is 8.28. The van der Waals surface area contributed by atoms with Gasteiger partial charge in [-0.15, -0.1) is 0 Å². The summed E-state index contributed by atoms with van der Waals surface area (Å²) in [6.07, 6.45) is 3.65. The smallest absolute Gasteiger partial charge is 0.271 e. The second-order valence-electron chi connectivity index (χ2n) is 6.96. The van der Waals surface area contributed by atoms with Gasteiger partial charge >= 0.3 is 5.69 Å². The summed E-state index contributed by atoms with van der Waals surface area (Å²) in [5.74, 6) is 0. The molecule has 0 aliphatic rings. The number of anilines is 1. The maximum Gasteiger partial charge on any atom is 0.301 e. The van der Waals surface area contributed by atoms with Crippen LogP contribution in [0, 0.1) is 25.6 Å². The first kappa shape index (κ1) is 21.0. The average molecular weight is 403 g/mol. The normalized spacial score (nSPS) is 12.2. The number of nitro groups is 2. The molecule has 0 spiro atoms. The summed E-state index contributed by atoms with van der Waals surface area (Å²) in [6, 6.07) is 10.6. The fourth-order valence-corrected chi connectivity index (χ4v) is 2.33. The molecule has 2 rings (SSSR count). The maximum atomic E-state index is 11.2. The molecule has 0 saturated carbocycles. The van der Waals surface area contributed by atoms with Gasteiger partial charge in [0.2, 0.25) is 0 Å². The van der Waals surface area contributed by atoms with Crippen LogP contribution in [0.4, 0.5) is 17.1 Å². The molecule has 146 valence electrons. The lowest BCUT2D eigenvalue weighted by Crippen LogP contribution is -2.19. The van der Waals surface area contributed by atoms with Gasteiger partial charge in [0.25, 0.3) is 5.69 Å². The van der Waals surface area contributed by atoms with Crippen molar-refractivity contribution in [2.45, 2.75) is 20.8 Å². The van der Waals surface area contributed by atoms with Gasteiger partial charge in [0, 0.05) is 16.5 Å². The van der Waals surface area contributed by atoms with Crippen LogP contribution < -0.4 is 5.43 Å². The van der Waals surface area contributed by atoms with Gasteiger partial charge in [-0.1, -0.05) is 50.6 Å². The summed E-state index contributed by atoms with van der Waals surface area (Å²) in [4.78, 5) is 20.7. The van der Waals surface area contributed by atoms with E-state index in [4.69, 9.17) is 11.6 Å². The lowest BCUT2D eigenvalue weighted by molar-refractivity contribution is -0.393. The van der Waals surface area contributed by atoms with Gasteiger partial charge in [-0.3, -0.25) is 25.7 Å². The number of hydrogen-bond acceptors (Lipinski definition) is 6. The second kappa shape index (κ2) is 8.62. The van der Waals surface area contributed by atoms with E-state index in [2.05, 4.69) is 10.5 Å². The van der Waals surface area contributed by atoms with Gasteiger partial charge in [0.1, 0.15) is 5.69 Å². The molecule has 0 radical (unpaired) electrons. The Morgan fingerprint density at radius 2 is 1.71 bits per heavy atom. The summed E-state index contributed by atoms with van der Waals surface area (Å²) in [5, 5.41) is 27.0. The molecule has 9 heteroatoms. The highest BCUT2D eigenvalue weighted by molar-refractivity contribution is 6.30. The lowest BCUT2D eigenvalue weighted by Gasteiger charge is -2.19. The van der Waals surface area contributed by atoms with Crippen LogP contribution in [0.5, 0.6) is 0 Å². The highest BCUT2D eigenvalue weighted by atomic mass is 35.5. The van der Waals surface area contributed by atoms with E-state index in [1.807, 2.05) is 39.0 Å². The fourth-order valence-electron chi connectivity index (χ4n) is 2.20. The molecule has 0 fully saturated rings. The van der Waals surface area contributed by atoms with Crippen LogP contribution >= 0.6 is 11.6 Å². The lowest BCUT2D eigenvalue weighted by atomic mass is 9.89. The topological polar surface area (TPSA) is 111 Å². The number of rotatable bonds is 6. The monoisotopic (exact) mass is 402 g/mol. The molecule has 0 heterocycles. The Morgan fingerprint density at radius 3 is 2.25 bits per heavy atom. The van der Waals surface area contributed by atoms with Crippen LogP contribution in [0.25, 0.3) is 6.08 Å². The quantitative estimate of drug-likeness (QED) is 0.379. The zero-order chi connectivity index (χ0) is 20.9. The highest BCUT2D eigenvalue weighted by Gasteiger charge is 2.21. The maximum absolute atomic E-state index is 11.2. The highest BCUT2D eigenvalue weighted by Crippen LogP contribution is 2.29. The van der Waals surface area contributed by atoms with E-state index in [9.17, 15) is 20.2 Å². The largest absolute Gasteiger partial charge is 0.301 e. The number of nitrogens with zero attached hydrogens (tertiary/aromatic N) is 3. The van der Waals surface area contributed by atoms with Gasteiger partial charge in [0.15, 0.2) is 0 Å². The Hall–Kier alpha value is -3.26. The minimum Gasteiger partial charge on any atom is -0.271 e. The van der Waals surface area contributed by atoms with Crippen molar-refractivity contribution in [3.05, 3.63) is 79.4 Å². The van der Waals surface area contributed by atoms with E-state index in [1.165, 1.54) is 12.1 Å². The number of hydrogen-bond donors (Lipinski definition) is 1. The molecule has 0 unspecified atom stereocenters. The Bertz CT molecular complexity index is 947. The van der Waals surface area contributed by atoms with Gasteiger partial charge in [-0.2, -0.15) is 5.10 Å². The van der Waals surface area contributed by atoms with E-state index in [0.717, 1.165) is 11.6 Å². The number of allylic oxidation sites excluding steroid dienone is 1. The summed E-state index contributed by atoms with van der Waals surface area (Å²) >= 11 is 5.88. The van der Waals surface area contributed by atoms with Crippen molar-refractivity contribution in [3.8, 4) is 0 Å². The SMILES string of the molecule is CC(C)(C)C(/C=C/c1ccc(Cl)cc1)=N/Nc1ccc([N+](=O)[O-])cc1[N+](=O)[O-]. The molecule has 8 nitrogen and oxygen atoms in total. The number of non-ortho nitro benzene ring substituents is 1. The standard InChI is InChI=1S/C19H19ClN4O4/c1-19(2,3)18(11-6-13-4-7-14(20)8-5-13)22-21-16-10-9-15(23(25)26)12-17(16)24(27)28/h4-12,21H,1-3H3/b11-6+,22-18+. The van der Waals surface area contributed by atoms with Gasteiger partial charge in [-0.25, -0.2) is 0 Å². The fraction of sp³-hybridized carbons (Fsp3) is 0.211. The molecule has 28 heavy (non-hydrogen) atoms. The number of halogens is 1. The Morgan fingerprint density at radius 1 is 1.07 bits per heavy atom. The van der Waals surface area contributed by atoms with E-state index in [-0.39, 0.29) is 16.8 Å². The molecular weight excluding hydrogens is 384 g/mol. The third-order valence-corrected chi connectivity index (χ3v) is 4.01. The van der Waals surface area contributed by atoms with Crippen molar-refractivity contribution in [1.29, 1.82) is 0 Å². The zero-order valence-electron chi connectivity index (χ0n) is 15.5. The molecule has 0 bridgehead atoms. The Kier molecular flexibility index (Phi) is 6.48. The molecular formula is C19H19ClN4O4. The van der Waals surface area contributed by atoms with E-state index in [0.29, 0.717) is 10.7 Å². The third kappa shape index (κ3) is 5.62. The van der Waals surface area contributed by atoms with E-state index >= 15 is 0 Å². The summed E-state index contributed by atoms with van der Waals surface area (Å²) in [7, 11) is 0. The summed E-state index contributed by atoms with van der Waals surface area (Å²) in [5.41, 5.74) is 3.14. The van der Waals surface area contributed by atoms with Gasteiger partial charge in [-0.05, 0) is 29.8 Å². The van der Waals surface area contributed by atoms with Crippen LogP contribution in [-0.4, -0.2) is 15.6 Å². The number of benzene rings is 2. The van der Waals surface area contributed by atoms with Gasteiger partial charge < -0.3 is 0 Å². The van der Waals surface area contributed by atoms with Crippen molar-refractivity contribution in [3.63, 3.8) is 0 Å². The molecule has 2 aromatic rings. The Balaban J connectivity index is 2.34. The first-order chi connectivity index (χ1) is 13.1. The molecule has 2 aromatic carbocycles. The van der Waals surface area contributed by atoms with Crippen molar-refractivity contribution < 1.29 is 9.85 Å².